The Bertz CT molecular complexity index is 300. The first kappa shape index (κ1) is 14.4. The van der Waals surface area contributed by atoms with Crippen molar-refractivity contribution in [2.24, 2.45) is 5.92 Å². The molecule has 6 heteroatoms. The molecule has 4 nitrogen and oxygen atoms in total. The maximum Gasteiger partial charge on any atom is 0.281 e. The maximum atomic E-state index is 12.1. The van der Waals surface area contributed by atoms with Gasteiger partial charge in [0.2, 0.25) is 0 Å². The molecule has 1 aliphatic rings. The Kier molecular flexibility index (Phi) is 5.70. The summed E-state index contributed by atoms with van der Waals surface area (Å²) in [5.41, 5.74) is 0. The van der Waals surface area contributed by atoms with Crippen molar-refractivity contribution >= 4 is 26.1 Å². The van der Waals surface area contributed by atoms with Gasteiger partial charge in [0.05, 0.1) is 0 Å². The summed E-state index contributed by atoms with van der Waals surface area (Å²) in [6, 6.07) is 0. The van der Waals surface area contributed by atoms with Gasteiger partial charge in [0.25, 0.3) is 10.2 Å². The van der Waals surface area contributed by atoms with Crippen LogP contribution in [0.4, 0.5) is 0 Å². The van der Waals surface area contributed by atoms with E-state index in [9.17, 15) is 8.42 Å². The summed E-state index contributed by atoms with van der Waals surface area (Å²) in [6.45, 7) is 4.10. The van der Waals surface area contributed by atoms with E-state index in [0.717, 1.165) is 24.6 Å². The van der Waals surface area contributed by atoms with Crippen molar-refractivity contribution in [3.8, 4) is 0 Å². The largest absolute Gasteiger partial charge is 0.281 e. The minimum Gasteiger partial charge on any atom is -0.195 e. The van der Waals surface area contributed by atoms with E-state index in [-0.39, 0.29) is 0 Å². The second kappa shape index (κ2) is 6.33. The lowest BCUT2D eigenvalue weighted by molar-refractivity contribution is 0.270. The van der Waals surface area contributed by atoms with Crippen LogP contribution in [0, 0.1) is 5.92 Å². The Hall–Kier alpha value is 0.350. The van der Waals surface area contributed by atoms with Crippen LogP contribution in [0.2, 0.25) is 0 Å². The van der Waals surface area contributed by atoms with Crippen LogP contribution in [0.15, 0.2) is 0 Å². The quantitative estimate of drug-likeness (QED) is 0.725. The summed E-state index contributed by atoms with van der Waals surface area (Å²) in [4.78, 5) is 0. The lowest BCUT2D eigenvalue weighted by Gasteiger charge is -2.32. The maximum absolute atomic E-state index is 12.1. The number of piperidine rings is 1. The van der Waals surface area contributed by atoms with Crippen LogP contribution in [0.3, 0.4) is 0 Å². The second-order valence-electron chi connectivity index (χ2n) is 4.45. The van der Waals surface area contributed by atoms with Gasteiger partial charge in [-0.2, -0.15) is 17.0 Å². The van der Waals surface area contributed by atoms with Crippen LogP contribution in [-0.2, 0) is 10.2 Å². The summed E-state index contributed by atoms with van der Waals surface area (Å²) < 4.78 is 27.3. The Labute approximate surface area is 107 Å². The van der Waals surface area contributed by atoms with Crippen molar-refractivity contribution in [3.05, 3.63) is 0 Å². The summed E-state index contributed by atoms with van der Waals surface area (Å²) >= 11 is 3.31. The molecule has 0 aromatic heterocycles. The topological polar surface area (TPSA) is 40.6 Å². The predicted octanol–water partition coefficient (Wildman–Crippen LogP) is 1.68. The highest BCUT2D eigenvalue weighted by molar-refractivity contribution is 9.09. The van der Waals surface area contributed by atoms with Gasteiger partial charge in [-0.05, 0) is 25.2 Å². The number of hydrogen-bond donors (Lipinski definition) is 0. The van der Waals surface area contributed by atoms with Gasteiger partial charge in [0.15, 0.2) is 0 Å². The number of alkyl halides is 1. The predicted molar refractivity (Wildman–Crippen MR) is 69.9 cm³/mol. The van der Waals surface area contributed by atoms with E-state index >= 15 is 0 Å². The summed E-state index contributed by atoms with van der Waals surface area (Å²) in [6.07, 6.45) is 2.80. The van der Waals surface area contributed by atoms with Crippen molar-refractivity contribution in [2.45, 2.75) is 26.2 Å². The molecule has 0 atom stereocenters. The fourth-order valence-electron chi connectivity index (χ4n) is 1.81. The van der Waals surface area contributed by atoms with Gasteiger partial charge in [0.1, 0.15) is 0 Å². The molecule has 0 bridgehead atoms. The van der Waals surface area contributed by atoms with Crippen molar-refractivity contribution < 1.29 is 8.42 Å². The van der Waals surface area contributed by atoms with Gasteiger partial charge >= 0.3 is 0 Å². The zero-order chi connectivity index (χ0) is 12.2. The van der Waals surface area contributed by atoms with E-state index in [0.29, 0.717) is 25.6 Å². The number of hydrogen-bond acceptors (Lipinski definition) is 2. The van der Waals surface area contributed by atoms with Crippen molar-refractivity contribution in [1.82, 2.24) is 8.61 Å². The molecule has 0 N–H and O–H groups in total. The molecule has 1 heterocycles. The van der Waals surface area contributed by atoms with E-state index in [1.54, 1.807) is 11.4 Å². The van der Waals surface area contributed by atoms with Crippen LogP contribution in [0.1, 0.15) is 26.2 Å². The standard InChI is InChI=1S/C10H21BrN2O2S/c1-10-4-8-13(9-5-10)16(14,15)12(2)7-3-6-11/h10H,3-9H2,1-2H3. The fourth-order valence-corrected chi connectivity index (χ4v) is 3.49. The molecule has 0 radical (unpaired) electrons. The summed E-state index contributed by atoms with van der Waals surface area (Å²) in [5.74, 6) is 0.652. The van der Waals surface area contributed by atoms with Crippen molar-refractivity contribution in [3.63, 3.8) is 0 Å². The number of nitrogens with zero attached hydrogens (tertiary/aromatic N) is 2. The number of halogens is 1. The fraction of sp³-hybridized carbons (Fsp3) is 1.00. The Morgan fingerprint density at radius 1 is 1.38 bits per heavy atom. The minimum absolute atomic E-state index is 0.583. The highest BCUT2D eigenvalue weighted by Gasteiger charge is 2.29. The van der Waals surface area contributed by atoms with Crippen molar-refractivity contribution in [1.29, 1.82) is 0 Å². The molecule has 0 spiro atoms. The molecule has 1 aliphatic heterocycles. The van der Waals surface area contributed by atoms with Gasteiger partial charge < -0.3 is 0 Å². The lowest BCUT2D eigenvalue weighted by atomic mass is 10.0. The third kappa shape index (κ3) is 3.68. The molecule has 1 saturated heterocycles. The monoisotopic (exact) mass is 312 g/mol. The van der Waals surface area contributed by atoms with E-state index in [1.165, 1.54) is 4.31 Å². The smallest absolute Gasteiger partial charge is 0.195 e. The van der Waals surface area contributed by atoms with Gasteiger partial charge in [-0.1, -0.05) is 22.9 Å². The average molecular weight is 313 g/mol. The van der Waals surface area contributed by atoms with E-state index < -0.39 is 10.2 Å². The molecular weight excluding hydrogens is 292 g/mol. The Morgan fingerprint density at radius 2 is 1.94 bits per heavy atom. The molecule has 1 fully saturated rings. The highest BCUT2D eigenvalue weighted by atomic mass is 79.9. The third-order valence-electron chi connectivity index (χ3n) is 3.07. The van der Waals surface area contributed by atoms with Crippen LogP contribution in [-0.4, -0.2) is 49.0 Å². The first-order valence-corrected chi connectivity index (χ1v) is 8.27. The normalized spacial score (nSPS) is 20.5. The van der Waals surface area contributed by atoms with Gasteiger partial charge in [0, 0.05) is 32.0 Å². The van der Waals surface area contributed by atoms with Crippen LogP contribution < -0.4 is 0 Å². The average Bonchev–Trinajstić information content (AvgIpc) is 2.26. The van der Waals surface area contributed by atoms with Gasteiger partial charge in [-0.3, -0.25) is 0 Å². The van der Waals surface area contributed by atoms with E-state index in [2.05, 4.69) is 22.9 Å². The van der Waals surface area contributed by atoms with Crippen LogP contribution in [0.5, 0.6) is 0 Å². The molecule has 0 aromatic rings. The first-order valence-electron chi connectivity index (χ1n) is 5.76. The molecule has 0 aromatic carbocycles. The molecule has 16 heavy (non-hydrogen) atoms. The highest BCUT2D eigenvalue weighted by Crippen LogP contribution is 2.20. The van der Waals surface area contributed by atoms with E-state index in [1.807, 2.05) is 0 Å². The molecule has 1 rings (SSSR count). The van der Waals surface area contributed by atoms with Crippen LogP contribution >= 0.6 is 15.9 Å². The first-order chi connectivity index (χ1) is 7.48. The molecule has 0 unspecified atom stereocenters. The zero-order valence-corrected chi connectivity index (χ0v) is 12.4. The third-order valence-corrected chi connectivity index (χ3v) is 5.62. The second-order valence-corrected chi connectivity index (χ2v) is 7.28. The SMILES string of the molecule is CC1CCN(S(=O)(=O)N(C)CCCBr)CC1. The Morgan fingerprint density at radius 3 is 2.44 bits per heavy atom. The molecular formula is C10H21BrN2O2S. The van der Waals surface area contributed by atoms with Gasteiger partial charge in [-0.15, -0.1) is 0 Å². The molecule has 0 saturated carbocycles. The van der Waals surface area contributed by atoms with E-state index in [4.69, 9.17) is 0 Å². The number of rotatable bonds is 5. The van der Waals surface area contributed by atoms with Crippen molar-refractivity contribution in [2.75, 3.05) is 32.0 Å². The van der Waals surface area contributed by atoms with Crippen LogP contribution in [0.25, 0.3) is 0 Å². The molecule has 96 valence electrons. The Balaban J connectivity index is 2.56. The summed E-state index contributed by atoms with van der Waals surface area (Å²) in [7, 11) is -1.55. The molecule has 0 aliphatic carbocycles. The minimum atomic E-state index is -3.21. The molecule has 0 amide bonds. The summed E-state index contributed by atoms with van der Waals surface area (Å²) in [5, 5.41) is 0.837. The zero-order valence-electron chi connectivity index (χ0n) is 10.0. The van der Waals surface area contributed by atoms with Gasteiger partial charge in [-0.25, -0.2) is 0 Å². The lowest BCUT2D eigenvalue weighted by Crippen LogP contribution is -2.45.